The Bertz CT molecular complexity index is 785. The second kappa shape index (κ2) is 5.19. The zero-order valence-corrected chi connectivity index (χ0v) is 12.5. The summed E-state index contributed by atoms with van der Waals surface area (Å²) in [4.78, 5) is 7.89. The van der Waals surface area contributed by atoms with Crippen molar-refractivity contribution in [1.82, 2.24) is 9.97 Å². The number of nitrogens with two attached hydrogens (primary N) is 1. The Morgan fingerprint density at radius 2 is 1.91 bits per heavy atom. The lowest BCUT2D eigenvalue weighted by molar-refractivity contribution is -0.160. The van der Waals surface area contributed by atoms with E-state index in [-0.39, 0.29) is 35.0 Å². The standard InChI is InChI=1S/C15H12ClF3N4/c16-10-5-8(11-6-12(13(20)21)23-7-22-11)1-2-9(10)14(3-4-14)15(17,18)19/h1-2,5-7H,3-4H2,(H3,20,21). The topological polar surface area (TPSA) is 75.7 Å². The highest BCUT2D eigenvalue weighted by Crippen LogP contribution is 2.60. The van der Waals surface area contributed by atoms with Gasteiger partial charge in [-0.25, -0.2) is 9.97 Å². The van der Waals surface area contributed by atoms with Gasteiger partial charge >= 0.3 is 6.18 Å². The molecule has 120 valence electrons. The van der Waals surface area contributed by atoms with E-state index in [1.807, 2.05) is 0 Å². The van der Waals surface area contributed by atoms with Crippen LogP contribution in [0, 0.1) is 5.41 Å². The maximum atomic E-state index is 13.2. The summed E-state index contributed by atoms with van der Waals surface area (Å²) in [5.74, 6) is -0.217. The highest BCUT2D eigenvalue weighted by molar-refractivity contribution is 6.31. The first-order valence-electron chi connectivity index (χ1n) is 6.78. The number of rotatable bonds is 3. The Labute approximate surface area is 135 Å². The molecule has 0 aliphatic heterocycles. The van der Waals surface area contributed by atoms with Crippen LogP contribution in [0.15, 0.2) is 30.6 Å². The summed E-state index contributed by atoms with van der Waals surface area (Å²) in [6.45, 7) is 0. The molecule has 0 saturated heterocycles. The van der Waals surface area contributed by atoms with E-state index in [0.717, 1.165) is 0 Å². The van der Waals surface area contributed by atoms with Crippen molar-refractivity contribution in [3.63, 3.8) is 0 Å². The lowest BCUT2D eigenvalue weighted by atomic mass is 9.93. The Balaban J connectivity index is 2.01. The van der Waals surface area contributed by atoms with Crippen LogP contribution in [0.3, 0.4) is 0 Å². The summed E-state index contributed by atoms with van der Waals surface area (Å²) < 4.78 is 39.6. The van der Waals surface area contributed by atoms with Crippen LogP contribution < -0.4 is 5.73 Å². The smallest absolute Gasteiger partial charge is 0.382 e. The maximum absolute atomic E-state index is 13.2. The number of hydrogen-bond acceptors (Lipinski definition) is 3. The zero-order chi connectivity index (χ0) is 16.8. The molecule has 0 radical (unpaired) electrons. The van der Waals surface area contributed by atoms with Crippen molar-refractivity contribution < 1.29 is 13.2 Å². The molecule has 1 fully saturated rings. The highest BCUT2D eigenvalue weighted by atomic mass is 35.5. The Morgan fingerprint density at radius 3 is 2.43 bits per heavy atom. The first kappa shape index (κ1) is 15.7. The molecule has 0 atom stereocenters. The largest absolute Gasteiger partial charge is 0.398 e. The number of amidine groups is 1. The number of hydrogen-bond donors (Lipinski definition) is 2. The third kappa shape index (κ3) is 2.65. The molecule has 3 N–H and O–H groups in total. The number of halogens is 4. The van der Waals surface area contributed by atoms with Gasteiger partial charge < -0.3 is 5.73 Å². The summed E-state index contributed by atoms with van der Waals surface area (Å²) in [6, 6.07) is 5.88. The van der Waals surface area contributed by atoms with Gasteiger partial charge in [0.15, 0.2) is 0 Å². The van der Waals surface area contributed by atoms with Crippen LogP contribution in [0.25, 0.3) is 11.3 Å². The molecule has 1 aromatic heterocycles. The van der Waals surface area contributed by atoms with Crippen molar-refractivity contribution in [2.45, 2.75) is 24.4 Å². The minimum Gasteiger partial charge on any atom is -0.382 e. The predicted octanol–water partition coefficient (Wildman–Crippen LogP) is 3.67. The average molecular weight is 341 g/mol. The molecule has 3 rings (SSSR count). The van der Waals surface area contributed by atoms with Gasteiger partial charge in [-0.1, -0.05) is 23.7 Å². The van der Waals surface area contributed by atoms with Gasteiger partial charge in [0.1, 0.15) is 17.9 Å². The summed E-state index contributed by atoms with van der Waals surface area (Å²) >= 11 is 6.10. The first-order chi connectivity index (χ1) is 10.7. The van der Waals surface area contributed by atoms with Crippen molar-refractivity contribution in [2.24, 2.45) is 5.73 Å². The molecule has 4 nitrogen and oxygen atoms in total. The van der Waals surface area contributed by atoms with Crippen molar-refractivity contribution in [3.05, 3.63) is 46.9 Å². The lowest BCUT2D eigenvalue weighted by Crippen LogP contribution is -2.28. The van der Waals surface area contributed by atoms with Crippen LogP contribution in [0.2, 0.25) is 5.02 Å². The fourth-order valence-corrected chi connectivity index (χ4v) is 2.92. The Kier molecular flexibility index (Phi) is 3.55. The van der Waals surface area contributed by atoms with Gasteiger partial charge in [-0.3, -0.25) is 5.41 Å². The molecule has 2 aromatic rings. The normalized spacial score (nSPS) is 16.2. The van der Waals surface area contributed by atoms with Crippen molar-refractivity contribution in [3.8, 4) is 11.3 Å². The van der Waals surface area contributed by atoms with Gasteiger partial charge in [-0.05, 0) is 30.5 Å². The first-order valence-corrected chi connectivity index (χ1v) is 7.16. The molecule has 1 aliphatic carbocycles. The average Bonchev–Trinajstić information content (AvgIpc) is 3.28. The number of benzene rings is 1. The van der Waals surface area contributed by atoms with Gasteiger partial charge in [0, 0.05) is 10.6 Å². The van der Waals surface area contributed by atoms with Crippen LogP contribution in [0.4, 0.5) is 13.2 Å². The molecule has 23 heavy (non-hydrogen) atoms. The Morgan fingerprint density at radius 1 is 1.22 bits per heavy atom. The minimum absolute atomic E-state index is 0.0531. The van der Waals surface area contributed by atoms with Crippen molar-refractivity contribution in [1.29, 1.82) is 5.41 Å². The molecule has 1 saturated carbocycles. The van der Waals surface area contributed by atoms with E-state index in [9.17, 15) is 13.2 Å². The van der Waals surface area contributed by atoms with Crippen LogP contribution in [0.5, 0.6) is 0 Å². The second-order valence-electron chi connectivity index (χ2n) is 5.48. The summed E-state index contributed by atoms with van der Waals surface area (Å²) in [6.07, 6.45) is -2.96. The SMILES string of the molecule is N=C(N)c1cc(-c2ccc(C3(C(F)(F)F)CC3)c(Cl)c2)ncn1. The Hall–Kier alpha value is -2.15. The molecule has 0 amide bonds. The number of nitrogen functional groups attached to an aromatic ring is 1. The third-order valence-corrected chi connectivity index (χ3v) is 4.33. The van der Waals surface area contributed by atoms with E-state index in [1.54, 1.807) is 6.07 Å². The fraction of sp³-hybridized carbons (Fsp3) is 0.267. The lowest BCUT2D eigenvalue weighted by Gasteiger charge is -2.21. The molecule has 0 bridgehead atoms. The molecule has 1 aromatic carbocycles. The zero-order valence-electron chi connectivity index (χ0n) is 11.8. The predicted molar refractivity (Wildman–Crippen MR) is 80.5 cm³/mol. The maximum Gasteiger partial charge on any atom is 0.398 e. The molecule has 0 spiro atoms. The molecular weight excluding hydrogens is 329 g/mol. The monoisotopic (exact) mass is 340 g/mol. The van der Waals surface area contributed by atoms with Gasteiger partial charge in [-0.2, -0.15) is 13.2 Å². The third-order valence-electron chi connectivity index (χ3n) is 4.02. The molecule has 8 heteroatoms. The number of aromatic nitrogens is 2. The number of alkyl halides is 3. The molecule has 1 aliphatic rings. The molecular formula is C15H12ClF3N4. The van der Waals surface area contributed by atoms with E-state index >= 15 is 0 Å². The summed E-state index contributed by atoms with van der Waals surface area (Å²) in [7, 11) is 0. The van der Waals surface area contributed by atoms with E-state index in [2.05, 4.69) is 9.97 Å². The quantitative estimate of drug-likeness (QED) is 0.661. The fourth-order valence-electron chi connectivity index (χ4n) is 2.56. The van der Waals surface area contributed by atoms with E-state index in [0.29, 0.717) is 11.3 Å². The second-order valence-corrected chi connectivity index (χ2v) is 5.88. The van der Waals surface area contributed by atoms with Crippen LogP contribution >= 0.6 is 11.6 Å². The van der Waals surface area contributed by atoms with Crippen LogP contribution in [-0.2, 0) is 5.41 Å². The van der Waals surface area contributed by atoms with E-state index in [1.165, 1.54) is 24.5 Å². The van der Waals surface area contributed by atoms with Crippen molar-refractivity contribution >= 4 is 17.4 Å². The summed E-state index contributed by atoms with van der Waals surface area (Å²) in [5, 5.41) is 7.42. The van der Waals surface area contributed by atoms with Gasteiger partial charge in [0.25, 0.3) is 0 Å². The molecule has 1 heterocycles. The van der Waals surface area contributed by atoms with Gasteiger partial charge in [-0.15, -0.1) is 0 Å². The van der Waals surface area contributed by atoms with Gasteiger partial charge in [0.2, 0.25) is 0 Å². The number of nitrogens with zero attached hydrogens (tertiary/aromatic N) is 2. The molecule has 0 unspecified atom stereocenters. The van der Waals surface area contributed by atoms with Crippen molar-refractivity contribution in [2.75, 3.05) is 0 Å². The minimum atomic E-state index is -4.31. The number of nitrogens with one attached hydrogen (secondary N) is 1. The van der Waals surface area contributed by atoms with E-state index < -0.39 is 11.6 Å². The van der Waals surface area contributed by atoms with Gasteiger partial charge in [0.05, 0.1) is 11.1 Å². The van der Waals surface area contributed by atoms with Crippen LogP contribution in [0.1, 0.15) is 24.1 Å². The summed E-state index contributed by atoms with van der Waals surface area (Å²) in [5.41, 5.74) is 4.87. The van der Waals surface area contributed by atoms with E-state index in [4.69, 9.17) is 22.7 Å². The highest BCUT2D eigenvalue weighted by Gasteiger charge is 2.64. The van der Waals surface area contributed by atoms with Crippen LogP contribution in [-0.4, -0.2) is 22.0 Å².